The molecule has 1 N–H and O–H groups in total. The summed E-state index contributed by atoms with van der Waals surface area (Å²) >= 11 is 1.55. The molecular weight excluding hydrogens is 783 g/mol. The van der Waals surface area contributed by atoms with E-state index >= 15 is 0 Å². The van der Waals surface area contributed by atoms with Crippen LogP contribution in [0.1, 0.15) is 63.5 Å². The van der Waals surface area contributed by atoms with E-state index in [0.717, 1.165) is 37.3 Å². The van der Waals surface area contributed by atoms with Crippen LogP contribution < -0.4 is 0 Å². The van der Waals surface area contributed by atoms with E-state index < -0.39 is 36.2 Å². The number of aliphatic hydroxyl groups excluding tert-OH is 1. The number of hydrogen-bond donors (Lipinski definition) is 1. The largest absolute Gasteiger partial charge is 0.512 e. The van der Waals surface area contributed by atoms with Crippen LogP contribution in [0.2, 0.25) is 0 Å². The number of rotatable bonds is 6. The van der Waals surface area contributed by atoms with Crippen molar-refractivity contribution in [3.8, 4) is 11.3 Å². The predicted octanol–water partition coefficient (Wildman–Crippen LogP) is 10.0. The number of ketones is 1. The molecule has 241 valence electrons. The van der Waals surface area contributed by atoms with Crippen LogP contribution in [0.5, 0.6) is 0 Å². The molecule has 1 radical (unpaired) electrons. The number of carbonyl (C=O) groups is 1. The first-order chi connectivity index (χ1) is 19.8. The number of benzene rings is 2. The standard InChI is InChI=1S/C25H24F3N2S.C7H9F3O2.Ir/c1-15-18(10-7-11-25(26,27)28)22-23(31-15)21(29-14-30-22)17-12-16-8-5-6-9-19(16)20(13-17)24(2,3)4;1-4(2)5(11)3-6(12)7(8,9)10;/h5-6,8-9,13-14H,7,10-11H2,1-4H3;3-4,11H,1-2H3;/q-1;;/b;5-3-;. The molecule has 4 aromatic rings. The maximum atomic E-state index is 12.6. The van der Waals surface area contributed by atoms with Crippen molar-refractivity contribution in [2.45, 2.75) is 78.6 Å². The van der Waals surface area contributed by atoms with Gasteiger partial charge in [0.05, 0.1) is 11.3 Å². The first-order valence-electron chi connectivity index (χ1n) is 13.6. The fourth-order valence-corrected chi connectivity index (χ4v) is 5.54. The average molecular weight is 816 g/mol. The van der Waals surface area contributed by atoms with Gasteiger partial charge in [-0.05, 0) is 30.7 Å². The average Bonchev–Trinajstić information content (AvgIpc) is 3.21. The smallest absolute Gasteiger partial charge is 0.454 e. The van der Waals surface area contributed by atoms with E-state index in [1.165, 1.54) is 31.1 Å². The summed E-state index contributed by atoms with van der Waals surface area (Å²) in [6, 6.07) is 13.8. The van der Waals surface area contributed by atoms with Crippen LogP contribution in [-0.4, -0.2) is 33.2 Å². The minimum Gasteiger partial charge on any atom is -0.512 e. The Hall–Kier alpha value is -2.82. The Balaban J connectivity index is 0.000000444. The van der Waals surface area contributed by atoms with E-state index in [1.807, 2.05) is 19.1 Å². The summed E-state index contributed by atoms with van der Waals surface area (Å²) in [6.45, 7) is 11.5. The van der Waals surface area contributed by atoms with E-state index in [1.54, 1.807) is 11.3 Å². The predicted molar refractivity (Wildman–Crippen MR) is 158 cm³/mol. The second-order valence-corrected chi connectivity index (χ2v) is 12.7. The number of thiophene rings is 1. The fourth-order valence-electron chi connectivity index (χ4n) is 4.38. The summed E-state index contributed by atoms with van der Waals surface area (Å²) in [4.78, 5) is 20.2. The zero-order chi connectivity index (χ0) is 32.3. The van der Waals surface area contributed by atoms with Gasteiger partial charge in [-0.25, -0.2) is 4.98 Å². The van der Waals surface area contributed by atoms with Crippen molar-refractivity contribution in [1.29, 1.82) is 0 Å². The number of aliphatic hydroxyl groups is 1. The number of allylic oxidation sites excluding steroid dienone is 2. The molecule has 0 atom stereocenters. The Labute approximate surface area is 270 Å². The molecule has 0 aliphatic heterocycles. The molecule has 44 heavy (non-hydrogen) atoms. The summed E-state index contributed by atoms with van der Waals surface area (Å²) < 4.78 is 73.5. The summed E-state index contributed by atoms with van der Waals surface area (Å²) in [5.41, 5.74) is 4.47. The first-order valence-corrected chi connectivity index (χ1v) is 14.4. The van der Waals surface area contributed by atoms with E-state index in [0.29, 0.717) is 6.42 Å². The third-order valence-electron chi connectivity index (χ3n) is 6.65. The summed E-state index contributed by atoms with van der Waals surface area (Å²) in [6.07, 6.45) is -7.69. The van der Waals surface area contributed by atoms with Gasteiger partial charge in [0.1, 0.15) is 6.33 Å². The quantitative estimate of drug-likeness (QED) is 0.0912. The molecular formula is C32H33F6IrN2O2S-. The van der Waals surface area contributed by atoms with Gasteiger partial charge in [0.2, 0.25) is 0 Å². The van der Waals surface area contributed by atoms with Crippen molar-refractivity contribution in [1.82, 2.24) is 9.97 Å². The Kier molecular flexibility index (Phi) is 12.3. The Morgan fingerprint density at radius 2 is 1.70 bits per heavy atom. The maximum Gasteiger partial charge on any atom is 0.454 e. The van der Waals surface area contributed by atoms with E-state index in [9.17, 15) is 31.1 Å². The number of hydrogen-bond acceptors (Lipinski definition) is 5. The zero-order valence-electron chi connectivity index (χ0n) is 25.0. The Bertz CT molecular complexity index is 1640. The molecule has 0 amide bonds. The number of aromatic nitrogens is 2. The van der Waals surface area contributed by atoms with Crippen molar-refractivity contribution >= 4 is 38.1 Å². The molecule has 2 heterocycles. The van der Waals surface area contributed by atoms with Gasteiger partial charge in [-0.1, -0.05) is 63.8 Å². The molecule has 0 aliphatic rings. The van der Waals surface area contributed by atoms with Gasteiger partial charge in [-0.2, -0.15) is 26.3 Å². The fraction of sp³-hybridized carbons (Fsp3) is 0.406. The minimum atomic E-state index is -4.90. The van der Waals surface area contributed by atoms with Crippen molar-refractivity contribution in [2.75, 3.05) is 0 Å². The maximum absolute atomic E-state index is 12.6. The van der Waals surface area contributed by atoms with Crippen LogP contribution in [0.25, 0.3) is 32.2 Å². The minimum absolute atomic E-state index is 0. The van der Waals surface area contributed by atoms with Crippen LogP contribution in [0.15, 0.2) is 48.5 Å². The number of carbonyl (C=O) groups excluding carboxylic acids is 1. The number of nitrogens with zero attached hydrogens (tertiary/aromatic N) is 2. The van der Waals surface area contributed by atoms with E-state index in [2.05, 4.69) is 55.0 Å². The molecule has 0 unspecified atom stereocenters. The van der Waals surface area contributed by atoms with Crippen molar-refractivity contribution in [3.63, 3.8) is 0 Å². The van der Waals surface area contributed by atoms with Crippen LogP contribution in [0, 0.1) is 18.9 Å². The molecule has 0 saturated carbocycles. The molecule has 12 heteroatoms. The summed E-state index contributed by atoms with van der Waals surface area (Å²) in [5.74, 6) is -3.07. The van der Waals surface area contributed by atoms with Crippen LogP contribution in [0.4, 0.5) is 26.3 Å². The van der Waals surface area contributed by atoms with Crippen molar-refractivity contribution in [3.05, 3.63) is 70.6 Å². The molecule has 0 spiro atoms. The van der Waals surface area contributed by atoms with Gasteiger partial charge >= 0.3 is 12.4 Å². The van der Waals surface area contributed by atoms with Gasteiger partial charge in [0.25, 0.3) is 5.78 Å². The molecule has 4 rings (SSSR count). The molecule has 0 aliphatic carbocycles. The van der Waals surface area contributed by atoms with Gasteiger partial charge in [-0.3, -0.25) is 9.78 Å². The van der Waals surface area contributed by atoms with Gasteiger partial charge < -0.3 is 5.11 Å². The number of aryl methyl sites for hydroxylation is 2. The van der Waals surface area contributed by atoms with Crippen LogP contribution in [0.3, 0.4) is 0 Å². The Morgan fingerprint density at radius 3 is 2.27 bits per heavy atom. The zero-order valence-corrected chi connectivity index (χ0v) is 28.2. The summed E-state index contributed by atoms with van der Waals surface area (Å²) in [5, 5.41) is 11.0. The monoisotopic (exact) mass is 816 g/mol. The Morgan fingerprint density at radius 1 is 1.07 bits per heavy atom. The van der Waals surface area contributed by atoms with Crippen LogP contribution >= 0.6 is 11.3 Å². The van der Waals surface area contributed by atoms with Crippen molar-refractivity contribution < 1.29 is 56.3 Å². The third kappa shape index (κ3) is 9.59. The third-order valence-corrected chi connectivity index (χ3v) is 7.79. The van der Waals surface area contributed by atoms with Crippen LogP contribution in [-0.2, 0) is 36.7 Å². The van der Waals surface area contributed by atoms with E-state index in [-0.39, 0.29) is 38.0 Å². The first kappa shape index (κ1) is 37.4. The van der Waals surface area contributed by atoms with Gasteiger partial charge in [0.15, 0.2) is 0 Å². The number of halogens is 6. The number of fused-ring (bicyclic) bond motifs is 2. The second kappa shape index (κ2) is 14.5. The normalized spacial score (nSPS) is 12.7. The summed E-state index contributed by atoms with van der Waals surface area (Å²) in [7, 11) is 0. The SMILES string of the molecule is CC(C)/C(O)=C/C(=O)C(F)(F)F.Cc1sc2c(-c3[c-]c4ccccc4c(C(C)(C)C)c3)ncnc2c1CCCC(F)(F)F.[Ir]. The topological polar surface area (TPSA) is 63.1 Å². The van der Waals surface area contributed by atoms with Gasteiger partial charge in [-0.15, -0.1) is 40.5 Å². The molecule has 4 nitrogen and oxygen atoms in total. The molecule has 0 bridgehead atoms. The molecule has 2 aromatic carbocycles. The van der Waals surface area contributed by atoms with E-state index in [4.69, 9.17) is 5.11 Å². The molecule has 2 aromatic heterocycles. The van der Waals surface area contributed by atoms with Crippen molar-refractivity contribution in [2.24, 2.45) is 5.92 Å². The second-order valence-electron chi connectivity index (χ2n) is 11.5. The molecule has 0 fully saturated rings. The molecule has 0 saturated heterocycles. The van der Waals surface area contributed by atoms with Gasteiger partial charge in [0, 0.05) is 53.8 Å². The number of alkyl halides is 6.